The fourth-order valence-corrected chi connectivity index (χ4v) is 2.23. The van der Waals surface area contributed by atoms with Gasteiger partial charge in [-0.1, -0.05) is 29.3 Å². The van der Waals surface area contributed by atoms with Gasteiger partial charge in [0.25, 0.3) is 0 Å². The van der Waals surface area contributed by atoms with Crippen molar-refractivity contribution in [3.8, 4) is 0 Å². The summed E-state index contributed by atoms with van der Waals surface area (Å²) in [6, 6.07) is 8.08. The number of nitrogens with one attached hydrogen (secondary N) is 1. The maximum atomic E-state index is 13.5. The fourth-order valence-electron chi connectivity index (χ4n) is 1.92. The SMILES string of the molecule is NNC(Cc1cc(F)ccc1Cl)c1ccc(Cl)c(F)c1. The second-order valence-electron chi connectivity index (χ2n) is 4.33. The quantitative estimate of drug-likeness (QED) is 0.660. The van der Waals surface area contributed by atoms with Crippen molar-refractivity contribution < 1.29 is 8.78 Å². The first-order chi connectivity index (χ1) is 9.51. The maximum absolute atomic E-state index is 13.5. The lowest BCUT2D eigenvalue weighted by Gasteiger charge is -2.17. The molecule has 0 spiro atoms. The molecular weight excluding hydrogens is 305 g/mol. The number of hydrogen-bond donors (Lipinski definition) is 2. The van der Waals surface area contributed by atoms with Gasteiger partial charge >= 0.3 is 0 Å². The molecule has 106 valence electrons. The molecule has 20 heavy (non-hydrogen) atoms. The third kappa shape index (κ3) is 3.46. The third-order valence-electron chi connectivity index (χ3n) is 2.98. The lowest BCUT2D eigenvalue weighted by molar-refractivity contribution is 0.542. The van der Waals surface area contributed by atoms with E-state index in [2.05, 4.69) is 5.43 Å². The number of benzene rings is 2. The molecule has 0 aliphatic rings. The van der Waals surface area contributed by atoms with E-state index < -0.39 is 11.9 Å². The van der Waals surface area contributed by atoms with E-state index >= 15 is 0 Å². The molecule has 0 aliphatic carbocycles. The van der Waals surface area contributed by atoms with Gasteiger partial charge in [0.2, 0.25) is 0 Å². The van der Waals surface area contributed by atoms with Crippen molar-refractivity contribution in [1.29, 1.82) is 0 Å². The summed E-state index contributed by atoms with van der Waals surface area (Å²) in [7, 11) is 0. The lowest BCUT2D eigenvalue weighted by Crippen LogP contribution is -2.29. The highest BCUT2D eigenvalue weighted by molar-refractivity contribution is 6.31. The highest BCUT2D eigenvalue weighted by atomic mass is 35.5. The summed E-state index contributed by atoms with van der Waals surface area (Å²) in [4.78, 5) is 0. The molecular formula is C14H12Cl2F2N2. The van der Waals surface area contributed by atoms with Crippen LogP contribution in [-0.4, -0.2) is 0 Å². The Hall–Kier alpha value is -1.20. The van der Waals surface area contributed by atoms with E-state index in [-0.39, 0.29) is 10.8 Å². The van der Waals surface area contributed by atoms with Crippen LogP contribution >= 0.6 is 23.2 Å². The van der Waals surface area contributed by atoms with Gasteiger partial charge in [0, 0.05) is 5.02 Å². The van der Waals surface area contributed by atoms with Crippen LogP contribution in [0.4, 0.5) is 8.78 Å². The molecule has 0 heterocycles. The average molecular weight is 317 g/mol. The minimum atomic E-state index is -0.533. The third-order valence-corrected chi connectivity index (χ3v) is 3.65. The van der Waals surface area contributed by atoms with Gasteiger partial charge < -0.3 is 0 Å². The normalized spacial score (nSPS) is 12.4. The predicted molar refractivity (Wildman–Crippen MR) is 76.6 cm³/mol. The van der Waals surface area contributed by atoms with E-state index in [0.29, 0.717) is 22.6 Å². The van der Waals surface area contributed by atoms with Gasteiger partial charge in [0.15, 0.2) is 0 Å². The molecule has 6 heteroatoms. The van der Waals surface area contributed by atoms with Crippen molar-refractivity contribution in [2.75, 3.05) is 0 Å². The van der Waals surface area contributed by atoms with Crippen LogP contribution in [-0.2, 0) is 6.42 Å². The number of halogens is 4. The van der Waals surface area contributed by atoms with Gasteiger partial charge in [0.1, 0.15) is 11.6 Å². The number of nitrogens with two attached hydrogens (primary N) is 1. The molecule has 0 aliphatic heterocycles. The molecule has 1 unspecified atom stereocenters. The van der Waals surface area contributed by atoms with Crippen molar-refractivity contribution in [2.45, 2.75) is 12.5 Å². The number of hydrazine groups is 1. The average Bonchev–Trinajstić information content (AvgIpc) is 2.43. The minimum absolute atomic E-state index is 0.0355. The molecule has 0 radical (unpaired) electrons. The van der Waals surface area contributed by atoms with Gasteiger partial charge in [-0.25, -0.2) is 8.78 Å². The summed E-state index contributed by atoms with van der Waals surface area (Å²) in [6.45, 7) is 0. The van der Waals surface area contributed by atoms with Gasteiger partial charge in [-0.15, -0.1) is 0 Å². The van der Waals surface area contributed by atoms with E-state index in [1.807, 2.05) is 0 Å². The second-order valence-corrected chi connectivity index (χ2v) is 5.15. The highest BCUT2D eigenvalue weighted by Crippen LogP contribution is 2.26. The van der Waals surface area contributed by atoms with Crippen LogP contribution in [0.25, 0.3) is 0 Å². The Labute approximate surface area is 125 Å². The van der Waals surface area contributed by atoms with Crippen molar-refractivity contribution in [2.24, 2.45) is 5.84 Å². The molecule has 0 amide bonds. The van der Waals surface area contributed by atoms with Crippen molar-refractivity contribution in [1.82, 2.24) is 5.43 Å². The monoisotopic (exact) mass is 316 g/mol. The summed E-state index contributed by atoms with van der Waals surface area (Å²) < 4.78 is 26.7. The Balaban J connectivity index is 2.28. The Morgan fingerprint density at radius 2 is 1.75 bits per heavy atom. The molecule has 0 aromatic heterocycles. The summed E-state index contributed by atoms with van der Waals surface area (Å²) in [5, 5.41) is 0.467. The van der Waals surface area contributed by atoms with E-state index in [1.165, 1.54) is 30.3 Å². The minimum Gasteiger partial charge on any atom is -0.271 e. The Bertz CT molecular complexity index is 620. The largest absolute Gasteiger partial charge is 0.271 e. The molecule has 2 nitrogen and oxygen atoms in total. The van der Waals surface area contributed by atoms with Crippen LogP contribution in [0.2, 0.25) is 10.0 Å². The molecule has 0 saturated carbocycles. The number of rotatable bonds is 4. The molecule has 0 bridgehead atoms. The van der Waals surface area contributed by atoms with Crippen molar-refractivity contribution in [3.63, 3.8) is 0 Å². The van der Waals surface area contributed by atoms with Gasteiger partial charge in [-0.05, 0) is 47.9 Å². The predicted octanol–water partition coefficient (Wildman–Crippen LogP) is 4.02. The zero-order chi connectivity index (χ0) is 14.7. The van der Waals surface area contributed by atoms with Crippen LogP contribution < -0.4 is 11.3 Å². The van der Waals surface area contributed by atoms with E-state index in [9.17, 15) is 8.78 Å². The number of hydrogen-bond acceptors (Lipinski definition) is 2. The lowest BCUT2D eigenvalue weighted by atomic mass is 9.99. The van der Waals surface area contributed by atoms with Crippen LogP contribution in [0.1, 0.15) is 17.2 Å². The maximum Gasteiger partial charge on any atom is 0.142 e. The molecule has 2 aromatic carbocycles. The Morgan fingerprint density at radius 1 is 1.05 bits per heavy atom. The fraction of sp³-hybridized carbons (Fsp3) is 0.143. The van der Waals surface area contributed by atoms with Crippen molar-refractivity contribution >= 4 is 23.2 Å². The van der Waals surface area contributed by atoms with E-state index in [4.69, 9.17) is 29.0 Å². The summed E-state index contributed by atoms with van der Waals surface area (Å²) in [5.41, 5.74) is 3.76. The van der Waals surface area contributed by atoms with Gasteiger partial charge in [0.05, 0.1) is 11.1 Å². The first kappa shape index (κ1) is 15.2. The van der Waals surface area contributed by atoms with Crippen LogP contribution in [0.15, 0.2) is 36.4 Å². The summed E-state index contributed by atoms with van der Waals surface area (Å²) >= 11 is 11.6. The molecule has 0 fully saturated rings. The molecule has 2 aromatic rings. The molecule has 2 rings (SSSR count). The van der Waals surface area contributed by atoms with Gasteiger partial charge in [-0.3, -0.25) is 11.3 Å². The molecule has 3 N–H and O–H groups in total. The second kappa shape index (κ2) is 6.50. The van der Waals surface area contributed by atoms with Crippen molar-refractivity contribution in [3.05, 3.63) is 69.2 Å². The zero-order valence-corrected chi connectivity index (χ0v) is 11.8. The smallest absolute Gasteiger partial charge is 0.142 e. The van der Waals surface area contributed by atoms with Gasteiger partial charge in [-0.2, -0.15) is 0 Å². The topological polar surface area (TPSA) is 38.0 Å². The van der Waals surface area contributed by atoms with E-state index in [0.717, 1.165) is 0 Å². The highest BCUT2D eigenvalue weighted by Gasteiger charge is 2.15. The Morgan fingerprint density at radius 3 is 2.40 bits per heavy atom. The van der Waals surface area contributed by atoms with Crippen LogP contribution in [0.5, 0.6) is 0 Å². The van der Waals surface area contributed by atoms with Crippen LogP contribution in [0, 0.1) is 11.6 Å². The first-order valence-corrected chi connectivity index (χ1v) is 6.62. The molecule has 1 atom stereocenters. The van der Waals surface area contributed by atoms with E-state index in [1.54, 1.807) is 6.07 Å². The standard InChI is InChI=1S/C14H12Cl2F2N2/c15-11-4-2-10(17)5-9(11)7-14(20-19)8-1-3-12(16)13(18)6-8/h1-6,14,20H,7,19H2. The Kier molecular flexibility index (Phi) is 4.94. The molecule has 0 saturated heterocycles. The van der Waals surface area contributed by atoms with Crippen LogP contribution in [0.3, 0.4) is 0 Å². The zero-order valence-electron chi connectivity index (χ0n) is 10.3. The summed E-state index contributed by atoms with van der Waals surface area (Å²) in [6.07, 6.45) is 0.328. The first-order valence-electron chi connectivity index (χ1n) is 5.86. The summed E-state index contributed by atoms with van der Waals surface area (Å²) in [5.74, 6) is 4.57.